The quantitative estimate of drug-likeness (QED) is 0.172. The van der Waals surface area contributed by atoms with Crippen molar-refractivity contribution in [1.29, 1.82) is 0 Å². The summed E-state index contributed by atoms with van der Waals surface area (Å²) in [7, 11) is 4.13. The highest BCUT2D eigenvalue weighted by Crippen LogP contribution is 2.17. The Labute approximate surface area is 209 Å². The summed E-state index contributed by atoms with van der Waals surface area (Å²) in [6, 6.07) is 29.7. The van der Waals surface area contributed by atoms with Gasteiger partial charge in [0.2, 0.25) is 0 Å². The van der Waals surface area contributed by atoms with E-state index in [9.17, 15) is 0 Å². The van der Waals surface area contributed by atoms with Crippen LogP contribution in [0.4, 0.5) is 11.4 Å². The van der Waals surface area contributed by atoms with Gasteiger partial charge in [0.15, 0.2) is 18.9 Å². The smallest absolute Gasteiger partial charge is 0.173 e. The van der Waals surface area contributed by atoms with Crippen molar-refractivity contribution in [2.24, 2.45) is 0 Å². The van der Waals surface area contributed by atoms with Gasteiger partial charge in [0.25, 0.3) is 0 Å². The Balaban J connectivity index is 1.17. The van der Waals surface area contributed by atoms with Gasteiger partial charge in [-0.1, -0.05) is 54.6 Å². The number of hydrogen-bond donors (Lipinski definition) is 1. The standard InChI is InChI=1S/C31H36N3O/c1-33(2)30-18-20-34(21-19-30)23-27-14-10-25(11-15-27)6-3-4-7-26-12-16-28(17-13-26)24-35-31-9-5-8-29(32)22-31/h5,8-22H,3-4,6-7,23-24,32H2,1-2H3/q+1. The lowest BCUT2D eigenvalue weighted by Gasteiger charge is -2.10. The monoisotopic (exact) mass is 466 g/mol. The lowest BCUT2D eigenvalue weighted by molar-refractivity contribution is -0.688. The first-order valence-electron chi connectivity index (χ1n) is 12.4. The highest BCUT2D eigenvalue weighted by atomic mass is 16.5. The van der Waals surface area contributed by atoms with Crippen molar-refractivity contribution in [3.63, 3.8) is 0 Å². The van der Waals surface area contributed by atoms with E-state index in [1.54, 1.807) is 0 Å². The maximum absolute atomic E-state index is 5.83. The van der Waals surface area contributed by atoms with E-state index < -0.39 is 0 Å². The largest absolute Gasteiger partial charge is 0.489 e. The molecule has 4 heteroatoms. The van der Waals surface area contributed by atoms with Crippen LogP contribution >= 0.6 is 0 Å². The molecule has 0 aliphatic carbocycles. The van der Waals surface area contributed by atoms with Crippen LogP contribution in [0, 0.1) is 0 Å². The van der Waals surface area contributed by atoms with Crippen LogP contribution in [0.3, 0.4) is 0 Å². The van der Waals surface area contributed by atoms with E-state index in [0.717, 1.165) is 30.8 Å². The van der Waals surface area contributed by atoms with Gasteiger partial charge in [-0.15, -0.1) is 0 Å². The average Bonchev–Trinajstić information content (AvgIpc) is 2.87. The van der Waals surface area contributed by atoms with E-state index in [1.165, 1.54) is 40.8 Å². The van der Waals surface area contributed by atoms with E-state index in [0.29, 0.717) is 6.61 Å². The third-order valence-electron chi connectivity index (χ3n) is 6.25. The maximum Gasteiger partial charge on any atom is 0.173 e. The normalized spacial score (nSPS) is 10.8. The molecule has 0 bridgehead atoms. The summed E-state index contributed by atoms with van der Waals surface area (Å²) in [4.78, 5) is 2.12. The molecule has 1 heterocycles. The lowest BCUT2D eigenvalue weighted by Crippen LogP contribution is -2.33. The molecule has 2 N–H and O–H groups in total. The van der Waals surface area contributed by atoms with Gasteiger partial charge in [0.1, 0.15) is 12.4 Å². The van der Waals surface area contributed by atoms with E-state index in [2.05, 4.69) is 96.6 Å². The summed E-state index contributed by atoms with van der Waals surface area (Å²) < 4.78 is 8.05. The molecule has 180 valence electrons. The molecule has 0 saturated carbocycles. The third kappa shape index (κ3) is 7.61. The number of rotatable bonds is 11. The second kappa shape index (κ2) is 12.1. The molecule has 0 saturated heterocycles. The zero-order valence-electron chi connectivity index (χ0n) is 20.9. The zero-order valence-corrected chi connectivity index (χ0v) is 20.9. The van der Waals surface area contributed by atoms with E-state index >= 15 is 0 Å². The van der Waals surface area contributed by atoms with Crippen molar-refractivity contribution in [3.05, 3.63) is 120 Å². The Morgan fingerprint density at radius 1 is 0.714 bits per heavy atom. The topological polar surface area (TPSA) is 42.4 Å². The van der Waals surface area contributed by atoms with Crippen molar-refractivity contribution in [2.45, 2.75) is 38.8 Å². The third-order valence-corrected chi connectivity index (χ3v) is 6.25. The minimum absolute atomic E-state index is 0.555. The molecule has 0 atom stereocenters. The Kier molecular flexibility index (Phi) is 8.39. The summed E-state index contributed by atoms with van der Waals surface area (Å²) in [5.74, 6) is 0.805. The molecule has 1 aromatic heterocycles. The summed E-state index contributed by atoms with van der Waals surface area (Å²) in [6.45, 7) is 1.45. The molecule has 3 aromatic carbocycles. The predicted molar refractivity (Wildman–Crippen MR) is 145 cm³/mol. The van der Waals surface area contributed by atoms with Crippen molar-refractivity contribution in [3.8, 4) is 5.75 Å². The molecule has 0 fully saturated rings. The number of aromatic nitrogens is 1. The van der Waals surface area contributed by atoms with Crippen LogP contribution in [0.5, 0.6) is 5.75 Å². The van der Waals surface area contributed by atoms with E-state index in [4.69, 9.17) is 10.5 Å². The predicted octanol–water partition coefficient (Wildman–Crippen LogP) is 5.82. The fourth-order valence-electron chi connectivity index (χ4n) is 4.11. The summed E-state index contributed by atoms with van der Waals surface area (Å²) in [6.07, 6.45) is 8.89. The van der Waals surface area contributed by atoms with Gasteiger partial charge in [-0.3, -0.25) is 0 Å². The molecular formula is C31H36N3O+. The minimum atomic E-state index is 0.555. The number of pyridine rings is 1. The number of nitrogens with two attached hydrogens (primary N) is 1. The maximum atomic E-state index is 5.83. The first kappa shape index (κ1) is 24.3. The van der Waals surface area contributed by atoms with Gasteiger partial charge in [-0.05, 0) is 54.5 Å². The van der Waals surface area contributed by atoms with Crippen molar-refractivity contribution in [2.75, 3.05) is 24.7 Å². The van der Waals surface area contributed by atoms with E-state index in [1.807, 2.05) is 24.3 Å². The molecule has 4 nitrogen and oxygen atoms in total. The average molecular weight is 467 g/mol. The fraction of sp³-hybridized carbons (Fsp3) is 0.258. The number of anilines is 2. The molecule has 0 spiro atoms. The van der Waals surface area contributed by atoms with Gasteiger partial charge >= 0.3 is 0 Å². The van der Waals surface area contributed by atoms with Gasteiger partial charge < -0.3 is 15.4 Å². The molecule has 0 amide bonds. The van der Waals surface area contributed by atoms with Gasteiger partial charge in [0, 0.05) is 49.2 Å². The molecule has 4 aromatic rings. The van der Waals surface area contributed by atoms with Crippen LogP contribution < -0.4 is 19.9 Å². The number of unbranched alkanes of at least 4 members (excludes halogenated alkanes) is 1. The van der Waals surface area contributed by atoms with Gasteiger partial charge in [-0.2, -0.15) is 0 Å². The van der Waals surface area contributed by atoms with Crippen LogP contribution in [-0.4, -0.2) is 14.1 Å². The highest BCUT2D eigenvalue weighted by Gasteiger charge is 2.05. The second-order valence-corrected chi connectivity index (χ2v) is 9.32. The Morgan fingerprint density at radius 2 is 1.29 bits per heavy atom. The SMILES string of the molecule is CN(C)c1cc[n+](Cc2ccc(CCCCc3ccc(COc4cccc(N)c4)cc3)cc2)cc1. The van der Waals surface area contributed by atoms with Crippen LogP contribution in [0.15, 0.2) is 97.3 Å². The minimum Gasteiger partial charge on any atom is -0.489 e. The second-order valence-electron chi connectivity index (χ2n) is 9.32. The number of benzene rings is 3. The summed E-state index contributed by atoms with van der Waals surface area (Å²) in [5.41, 5.74) is 13.0. The lowest BCUT2D eigenvalue weighted by atomic mass is 10.0. The molecule has 35 heavy (non-hydrogen) atoms. The van der Waals surface area contributed by atoms with Crippen LogP contribution in [0.1, 0.15) is 35.1 Å². The molecule has 0 radical (unpaired) electrons. The highest BCUT2D eigenvalue weighted by molar-refractivity contribution is 5.43. The fourth-order valence-corrected chi connectivity index (χ4v) is 4.11. The molecule has 4 rings (SSSR count). The Bertz CT molecular complexity index is 1180. The van der Waals surface area contributed by atoms with Crippen LogP contribution in [-0.2, 0) is 26.0 Å². The van der Waals surface area contributed by atoms with Crippen LogP contribution in [0.2, 0.25) is 0 Å². The van der Waals surface area contributed by atoms with Crippen molar-refractivity contribution >= 4 is 11.4 Å². The first-order chi connectivity index (χ1) is 17.0. The van der Waals surface area contributed by atoms with Gasteiger partial charge in [0.05, 0.1) is 0 Å². The molecule has 0 aliphatic rings. The number of nitrogen functional groups attached to an aromatic ring is 1. The number of aryl methyl sites for hydroxylation is 2. The first-order valence-corrected chi connectivity index (χ1v) is 12.4. The zero-order chi connectivity index (χ0) is 24.5. The number of hydrogen-bond acceptors (Lipinski definition) is 3. The summed E-state index contributed by atoms with van der Waals surface area (Å²) >= 11 is 0. The number of ether oxygens (including phenoxy) is 1. The molecular weight excluding hydrogens is 430 g/mol. The van der Waals surface area contributed by atoms with Crippen molar-refractivity contribution in [1.82, 2.24) is 0 Å². The molecule has 0 aliphatic heterocycles. The van der Waals surface area contributed by atoms with E-state index in [-0.39, 0.29) is 0 Å². The number of nitrogens with zero attached hydrogens (tertiary/aromatic N) is 2. The Morgan fingerprint density at radius 3 is 1.86 bits per heavy atom. The Hall–Kier alpha value is -3.79. The van der Waals surface area contributed by atoms with Crippen molar-refractivity contribution < 1.29 is 9.30 Å². The van der Waals surface area contributed by atoms with Crippen LogP contribution in [0.25, 0.3) is 0 Å². The molecule has 0 unspecified atom stereocenters. The van der Waals surface area contributed by atoms with Gasteiger partial charge in [-0.25, -0.2) is 4.57 Å². The summed E-state index contributed by atoms with van der Waals surface area (Å²) in [5, 5.41) is 0.